The molecule has 0 saturated heterocycles. The van der Waals surface area contributed by atoms with Crippen molar-refractivity contribution in [2.75, 3.05) is 6.54 Å². The monoisotopic (exact) mass is 264 g/mol. The second kappa shape index (κ2) is 4.56. The van der Waals surface area contributed by atoms with E-state index in [1.54, 1.807) is 0 Å². The quantitative estimate of drug-likeness (QED) is 0.901. The van der Waals surface area contributed by atoms with E-state index in [4.69, 9.17) is 21.8 Å². The predicted octanol–water partition coefficient (Wildman–Crippen LogP) is 3.64. The molecular weight excluding hydrogens is 248 g/mol. The van der Waals surface area contributed by atoms with E-state index in [-0.39, 0.29) is 5.41 Å². The van der Waals surface area contributed by atoms with Gasteiger partial charge in [-0.25, -0.2) is 4.98 Å². The van der Waals surface area contributed by atoms with Crippen LogP contribution in [0.1, 0.15) is 38.0 Å². The Morgan fingerprint density at radius 2 is 2.06 bits per heavy atom. The van der Waals surface area contributed by atoms with E-state index in [0.29, 0.717) is 11.6 Å². The standard InChI is InChI=1S/C14H17ClN2O/c15-10-4-5-11-12(8-10)18-13(17-11)14(9-16)6-2-1-3-7-14/h4-5,8H,1-3,6-7,9,16H2. The van der Waals surface area contributed by atoms with Crippen LogP contribution in [-0.2, 0) is 5.41 Å². The van der Waals surface area contributed by atoms with Gasteiger partial charge in [0.15, 0.2) is 5.58 Å². The molecule has 3 rings (SSSR count). The first-order valence-electron chi connectivity index (χ1n) is 6.50. The van der Waals surface area contributed by atoms with Gasteiger partial charge in [0, 0.05) is 17.6 Å². The fraction of sp³-hybridized carbons (Fsp3) is 0.500. The number of oxazole rings is 1. The number of benzene rings is 1. The van der Waals surface area contributed by atoms with Crippen molar-refractivity contribution >= 4 is 22.7 Å². The zero-order valence-corrected chi connectivity index (χ0v) is 11.0. The van der Waals surface area contributed by atoms with Crippen molar-refractivity contribution in [3.05, 3.63) is 29.1 Å². The summed E-state index contributed by atoms with van der Waals surface area (Å²) in [5, 5.41) is 0.677. The van der Waals surface area contributed by atoms with Crippen molar-refractivity contribution in [2.24, 2.45) is 5.73 Å². The summed E-state index contributed by atoms with van der Waals surface area (Å²) >= 11 is 5.97. The fourth-order valence-corrected chi connectivity index (χ4v) is 3.02. The first-order chi connectivity index (χ1) is 8.73. The van der Waals surface area contributed by atoms with Crippen LogP contribution in [0.15, 0.2) is 22.6 Å². The second-order valence-electron chi connectivity index (χ2n) is 5.18. The summed E-state index contributed by atoms with van der Waals surface area (Å²) in [5.74, 6) is 0.793. The largest absolute Gasteiger partial charge is 0.440 e. The van der Waals surface area contributed by atoms with Gasteiger partial charge < -0.3 is 10.2 Å². The van der Waals surface area contributed by atoms with Crippen molar-refractivity contribution in [3.63, 3.8) is 0 Å². The Bertz CT molecular complexity index is 558. The van der Waals surface area contributed by atoms with Gasteiger partial charge in [-0.15, -0.1) is 0 Å². The molecule has 18 heavy (non-hydrogen) atoms. The first-order valence-corrected chi connectivity index (χ1v) is 6.88. The van der Waals surface area contributed by atoms with Crippen LogP contribution in [0.4, 0.5) is 0 Å². The van der Waals surface area contributed by atoms with Gasteiger partial charge in [0.25, 0.3) is 0 Å². The minimum atomic E-state index is -0.0657. The van der Waals surface area contributed by atoms with Crippen LogP contribution in [0, 0.1) is 0 Å². The average molecular weight is 265 g/mol. The molecule has 2 N–H and O–H groups in total. The molecule has 1 heterocycles. The molecule has 1 saturated carbocycles. The van der Waals surface area contributed by atoms with Crippen LogP contribution in [0.3, 0.4) is 0 Å². The van der Waals surface area contributed by atoms with Crippen molar-refractivity contribution < 1.29 is 4.42 Å². The summed E-state index contributed by atoms with van der Waals surface area (Å²) in [6, 6.07) is 5.56. The maximum atomic E-state index is 6.00. The molecule has 1 aliphatic rings. The number of hydrogen-bond donors (Lipinski definition) is 1. The summed E-state index contributed by atoms with van der Waals surface area (Å²) < 4.78 is 5.91. The zero-order chi connectivity index (χ0) is 12.6. The van der Waals surface area contributed by atoms with Gasteiger partial charge >= 0.3 is 0 Å². The Hall–Kier alpha value is -1.06. The second-order valence-corrected chi connectivity index (χ2v) is 5.61. The average Bonchev–Trinajstić information content (AvgIpc) is 2.83. The van der Waals surface area contributed by atoms with Crippen molar-refractivity contribution in [1.82, 2.24) is 4.98 Å². The molecule has 0 unspecified atom stereocenters. The minimum Gasteiger partial charge on any atom is -0.440 e. The van der Waals surface area contributed by atoms with Crippen molar-refractivity contribution in [1.29, 1.82) is 0 Å². The molecule has 0 spiro atoms. The number of rotatable bonds is 2. The molecule has 1 aromatic heterocycles. The lowest BCUT2D eigenvalue weighted by Crippen LogP contribution is -2.37. The zero-order valence-electron chi connectivity index (χ0n) is 10.3. The molecule has 0 amide bonds. The van der Waals surface area contributed by atoms with Gasteiger partial charge in [-0.1, -0.05) is 30.9 Å². The molecule has 1 aliphatic carbocycles. The molecule has 3 nitrogen and oxygen atoms in total. The Labute approximate surface area is 111 Å². The number of fused-ring (bicyclic) bond motifs is 1. The van der Waals surface area contributed by atoms with E-state index in [1.165, 1.54) is 19.3 Å². The molecule has 0 aliphatic heterocycles. The Morgan fingerprint density at radius 1 is 1.28 bits per heavy atom. The molecular formula is C14H17ClN2O. The van der Waals surface area contributed by atoms with E-state index in [9.17, 15) is 0 Å². The highest BCUT2D eigenvalue weighted by Gasteiger charge is 2.37. The third-order valence-electron chi connectivity index (χ3n) is 4.01. The number of aromatic nitrogens is 1. The highest BCUT2D eigenvalue weighted by atomic mass is 35.5. The van der Waals surface area contributed by atoms with E-state index in [1.807, 2.05) is 18.2 Å². The Morgan fingerprint density at radius 3 is 2.78 bits per heavy atom. The van der Waals surface area contributed by atoms with Crippen LogP contribution in [0.5, 0.6) is 0 Å². The molecule has 4 heteroatoms. The van der Waals surface area contributed by atoms with E-state index < -0.39 is 0 Å². The van der Waals surface area contributed by atoms with Gasteiger partial charge in [-0.2, -0.15) is 0 Å². The van der Waals surface area contributed by atoms with Crippen LogP contribution in [0.25, 0.3) is 11.1 Å². The number of nitrogens with two attached hydrogens (primary N) is 1. The summed E-state index contributed by atoms with van der Waals surface area (Å²) in [7, 11) is 0. The molecule has 1 aromatic carbocycles. The van der Waals surface area contributed by atoms with Crippen LogP contribution in [-0.4, -0.2) is 11.5 Å². The van der Waals surface area contributed by atoms with Crippen LogP contribution >= 0.6 is 11.6 Å². The number of halogens is 1. The van der Waals surface area contributed by atoms with Crippen molar-refractivity contribution in [2.45, 2.75) is 37.5 Å². The summed E-state index contributed by atoms with van der Waals surface area (Å²) in [5.41, 5.74) is 7.56. The molecule has 96 valence electrons. The van der Waals surface area contributed by atoms with Gasteiger partial charge in [-0.3, -0.25) is 0 Å². The summed E-state index contributed by atoms with van der Waals surface area (Å²) in [4.78, 5) is 4.62. The van der Waals surface area contributed by atoms with Crippen LogP contribution in [0.2, 0.25) is 5.02 Å². The van der Waals surface area contributed by atoms with E-state index in [2.05, 4.69) is 4.98 Å². The van der Waals surface area contributed by atoms with Gasteiger partial charge in [0.05, 0.1) is 5.41 Å². The SMILES string of the molecule is NCC1(c2nc3ccc(Cl)cc3o2)CCCCC1. The Kier molecular flexibility index (Phi) is 3.04. The normalized spacial score (nSPS) is 19.2. The summed E-state index contributed by atoms with van der Waals surface area (Å²) in [6.45, 7) is 0.605. The molecule has 0 atom stereocenters. The molecule has 2 aromatic rings. The maximum Gasteiger partial charge on any atom is 0.202 e. The third-order valence-corrected chi connectivity index (χ3v) is 4.24. The first kappa shape index (κ1) is 12.0. The minimum absolute atomic E-state index is 0.0657. The smallest absolute Gasteiger partial charge is 0.202 e. The van der Waals surface area contributed by atoms with Gasteiger partial charge in [0.2, 0.25) is 5.89 Å². The van der Waals surface area contributed by atoms with Gasteiger partial charge in [-0.05, 0) is 25.0 Å². The fourth-order valence-electron chi connectivity index (χ4n) is 2.86. The Balaban J connectivity index is 2.06. The highest BCUT2D eigenvalue weighted by molar-refractivity contribution is 6.31. The number of nitrogens with zero attached hydrogens (tertiary/aromatic N) is 1. The molecule has 0 radical (unpaired) electrons. The molecule has 0 bridgehead atoms. The number of hydrogen-bond acceptors (Lipinski definition) is 3. The molecule has 1 fully saturated rings. The lowest BCUT2D eigenvalue weighted by Gasteiger charge is -2.32. The topological polar surface area (TPSA) is 52.0 Å². The van der Waals surface area contributed by atoms with E-state index >= 15 is 0 Å². The third kappa shape index (κ3) is 1.91. The van der Waals surface area contributed by atoms with Crippen molar-refractivity contribution in [3.8, 4) is 0 Å². The lowest BCUT2D eigenvalue weighted by molar-refractivity contribution is 0.247. The summed E-state index contributed by atoms with van der Waals surface area (Å²) in [6.07, 6.45) is 5.84. The van der Waals surface area contributed by atoms with Crippen LogP contribution < -0.4 is 5.73 Å². The van der Waals surface area contributed by atoms with Gasteiger partial charge in [0.1, 0.15) is 5.52 Å². The maximum absolute atomic E-state index is 6.00. The van der Waals surface area contributed by atoms with E-state index in [0.717, 1.165) is 29.8 Å². The lowest BCUT2D eigenvalue weighted by atomic mass is 9.74. The predicted molar refractivity (Wildman–Crippen MR) is 72.8 cm³/mol. The highest BCUT2D eigenvalue weighted by Crippen LogP contribution is 2.39.